The van der Waals surface area contributed by atoms with Gasteiger partial charge in [-0.05, 0) is 61.5 Å². The lowest BCUT2D eigenvalue weighted by atomic mass is 10.2. The molecule has 0 aliphatic heterocycles. The van der Waals surface area contributed by atoms with E-state index in [-0.39, 0.29) is 17.2 Å². The van der Waals surface area contributed by atoms with Gasteiger partial charge in [0.05, 0.1) is 37.0 Å². The molecule has 0 spiro atoms. The number of carbonyl (C=O) groups excluding carboxylic acids is 1. The Morgan fingerprint density at radius 1 is 0.975 bits per heavy atom. The Morgan fingerprint density at radius 3 is 2.25 bits per heavy atom. The van der Waals surface area contributed by atoms with Gasteiger partial charge < -0.3 is 14.8 Å². The standard InChI is InChI=1S/C29H26N4O4S3/c1-17-9-5-7-11-21(17)32-26-25(40-29(32)38)27(35)33(22-12-8-6-10-18(22)2)28(31-26)39-16-24(34)30-20-14-13-19(36-3)15-23(20)37-4/h5-15H,16H2,1-4H3,(H,30,34). The molecule has 11 heteroatoms. The van der Waals surface area contributed by atoms with Crippen LogP contribution in [0.2, 0.25) is 0 Å². The van der Waals surface area contributed by atoms with Gasteiger partial charge in [-0.1, -0.05) is 59.5 Å². The maximum Gasteiger partial charge on any atom is 0.278 e. The molecule has 0 saturated carbocycles. The molecule has 3 aromatic carbocycles. The molecule has 0 unspecified atom stereocenters. The van der Waals surface area contributed by atoms with Gasteiger partial charge in [0.1, 0.15) is 16.2 Å². The van der Waals surface area contributed by atoms with E-state index in [1.54, 1.807) is 29.9 Å². The van der Waals surface area contributed by atoms with E-state index in [4.69, 9.17) is 26.7 Å². The zero-order valence-electron chi connectivity index (χ0n) is 22.3. The number of amides is 1. The fourth-order valence-corrected chi connectivity index (χ4v) is 6.39. The third kappa shape index (κ3) is 5.27. The fourth-order valence-electron chi connectivity index (χ4n) is 4.30. The van der Waals surface area contributed by atoms with Gasteiger partial charge in [0.15, 0.2) is 14.8 Å². The molecule has 2 aromatic heterocycles. The maximum absolute atomic E-state index is 14.0. The van der Waals surface area contributed by atoms with Crippen LogP contribution in [0, 0.1) is 17.8 Å². The smallest absolute Gasteiger partial charge is 0.278 e. The first kappa shape index (κ1) is 27.6. The first-order valence-corrected chi connectivity index (χ1v) is 14.5. The number of nitrogens with zero attached hydrogens (tertiary/aromatic N) is 3. The SMILES string of the molecule is COc1ccc(NC(=O)CSc2nc3c(sc(=S)n3-c3ccccc3C)c(=O)n2-c2ccccc2C)c(OC)c1. The van der Waals surface area contributed by atoms with Crippen molar-refractivity contribution in [1.29, 1.82) is 0 Å². The van der Waals surface area contributed by atoms with Gasteiger partial charge in [-0.15, -0.1) is 0 Å². The molecule has 2 heterocycles. The average Bonchev–Trinajstić information content (AvgIpc) is 3.29. The molecule has 0 aliphatic carbocycles. The highest BCUT2D eigenvalue weighted by Crippen LogP contribution is 2.31. The summed E-state index contributed by atoms with van der Waals surface area (Å²) in [6.45, 7) is 3.92. The molecule has 0 atom stereocenters. The topological polar surface area (TPSA) is 87.4 Å². The highest BCUT2D eigenvalue weighted by atomic mass is 32.2. The molecule has 1 amide bonds. The lowest BCUT2D eigenvalue weighted by Crippen LogP contribution is -2.23. The Hall–Kier alpha value is -3.93. The van der Waals surface area contributed by atoms with Crippen molar-refractivity contribution in [3.05, 3.63) is 92.2 Å². The minimum Gasteiger partial charge on any atom is -0.497 e. The Morgan fingerprint density at radius 2 is 1.62 bits per heavy atom. The van der Waals surface area contributed by atoms with E-state index in [1.165, 1.54) is 30.2 Å². The molecule has 5 rings (SSSR count). The number of para-hydroxylation sites is 2. The van der Waals surface area contributed by atoms with Gasteiger partial charge in [-0.3, -0.25) is 18.7 Å². The molecular formula is C29H26N4O4S3. The molecule has 204 valence electrons. The van der Waals surface area contributed by atoms with Gasteiger partial charge in [0.2, 0.25) is 5.91 Å². The Labute approximate surface area is 244 Å². The lowest BCUT2D eigenvalue weighted by Gasteiger charge is -2.15. The number of anilines is 1. The van der Waals surface area contributed by atoms with Crippen molar-refractivity contribution in [3.63, 3.8) is 0 Å². The van der Waals surface area contributed by atoms with Gasteiger partial charge in [-0.2, -0.15) is 0 Å². The van der Waals surface area contributed by atoms with E-state index >= 15 is 0 Å². The van der Waals surface area contributed by atoms with E-state index in [0.29, 0.717) is 42.3 Å². The van der Waals surface area contributed by atoms with E-state index in [9.17, 15) is 9.59 Å². The average molecular weight is 591 g/mol. The number of ether oxygens (including phenoxy) is 2. The maximum atomic E-state index is 14.0. The number of hydrogen-bond acceptors (Lipinski definition) is 8. The minimum absolute atomic E-state index is 0.00818. The summed E-state index contributed by atoms with van der Waals surface area (Å²) >= 11 is 8.12. The number of aromatic nitrogens is 3. The molecule has 0 bridgehead atoms. The van der Waals surface area contributed by atoms with Gasteiger partial charge in [0, 0.05) is 6.07 Å². The summed E-state index contributed by atoms with van der Waals surface area (Å²) in [7, 11) is 3.09. The number of benzene rings is 3. The second-order valence-electron chi connectivity index (χ2n) is 8.87. The van der Waals surface area contributed by atoms with Crippen LogP contribution in [0.25, 0.3) is 21.7 Å². The van der Waals surface area contributed by atoms with Crippen LogP contribution in [-0.2, 0) is 4.79 Å². The predicted molar refractivity (Wildman–Crippen MR) is 164 cm³/mol. The summed E-state index contributed by atoms with van der Waals surface area (Å²) in [5.41, 5.74) is 4.22. The number of fused-ring (bicyclic) bond motifs is 1. The van der Waals surface area contributed by atoms with Crippen molar-refractivity contribution in [2.24, 2.45) is 0 Å². The molecule has 40 heavy (non-hydrogen) atoms. The normalized spacial score (nSPS) is 11.0. The number of rotatable bonds is 8. The monoisotopic (exact) mass is 590 g/mol. The summed E-state index contributed by atoms with van der Waals surface area (Å²) < 4.78 is 15.0. The summed E-state index contributed by atoms with van der Waals surface area (Å²) in [4.78, 5) is 32.0. The van der Waals surface area contributed by atoms with Crippen LogP contribution in [0.5, 0.6) is 11.5 Å². The molecule has 5 aromatic rings. The van der Waals surface area contributed by atoms with Crippen molar-refractivity contribution in [3.8, 4) is 22.9 Å². The predicted octanol–water partition coefficient (Wildman–Crippen LogP) is 6.33. The number of nitrogens with one attached hydrogen (secondary N) is 1. The third-order valence-electron chi connectivity index (χ3n) is 6.30. The number of hydrogen-bond donors (Lipinski definition) is 1. The third-order valence-corrected chi connectivity index (χ3v) is 8.59. The fraction of sp³-hybridized carbons (Fsp3) is 0.172. The highest BCUT2D eigenvalue weighted by molar-refractivity contribution is 7.99. The number of methoxy groups -OCH3 is 2. The largest absolute Gasteiger partial charge is 0.497 e. The number of thiazole rings is 1. The van der Waals surface area contributed by atoms with E-state index in [0.717, 1.165) is 16.8 Å². The van der Waals surface area contributed by atoms with Gasteiger partial charge >= 0.3 is 0 Å². The zero-order chi connectivity index (χ0) is 28.4. The Balaban J connectivity index is 1.58. The summed E-state index contributed by atoms with van der Waals surface area (Å²) in [5.74, 6) is 0.821. The lowest BCUT2D eigenvalue weighted by molar-refractivity contribution is -0.113. The molecule has 0 radical (unpaired) electrons. The van der Waals surface area contributed by atoms with Gasteiger partial charge in [0.25, 0.3) is 5.56 Å². The molecule has 0 aliphatic rings. The second-order valence-corrected chi connectivity index (χ2v) is 11.5. The summed E-state index contributed by atoms with van der Waals surface area (Å²) in [6, 6.07) is 20.6. The van der Waals surface area contributed by atoms with Crippen LogP contribution in [0.3, 0.4) is 0 Å². The number of carbonyl (C=O) groups is 1. The number of thioether (sulfide) groups is 1. The van der Waals surface area contributed by atoms with Crippen LogP contribution in [0.1, 0.15) is 11.1 Å². The van der Waals surface area contributed by atoms with Crippen molar-refractivity contribution in [2.75, 3.05) is 25.3 Å². The van der Waals surface area contributed by atoms with Crippen LogP contribution < -0.4 is 20.3 Å². The minimum atomic E-state index is -0.278. The molecule has 0 fully saturated rings. The van der Waals surface area contributed by atoms with Crippen molar-refractivity contribution >= 4 is 57.3 Å². The van der Waals surface area contributed by atoms with Crippen molar-refractivity contribution in [1.82, 2.24) is 14.1 Å². The van der Waals surface area contributed by atoms with Crippen LogP contribution >= 0.6 is 35.3 Å². The molecule has 8 nitrogen and oxygen atoms in total. The van der Waals surface area contributed by atoms with Crippen LogP contribution in [-0.4, -0.2) is 40.0 Å². The van der Waals surface area contributed by atoms with E-state index in [1.807, 2.05) is 66.9 Å². The first-order valence-electron chi connectivity index (χ1n) is 12.3. The summed E-state index contributed by atoms with van der Waals surface area (Å²) in [5, 5.41) is 3.27. The molecule has 1 N–H and O–H groups in total. The van der Waals surface area contributed by atoms with Crippen LogP contribution in [0.4, 0.5) is 5.69 Å². The van der Waals surface area contributed by atoms with E-state index < -0.39 is 0 Å². The zero-order valence-corrected chi connectivity index (χ0v) is 24.7. The Kier molecular flexibility index (Phi) is 8.06. The first-order chi connectivity index (χ1) is 19.3. The molecular weight excluding hydrogens is 565 g/mol. The molecule has 0 saturated heterocycles. The Bertz CT molecular complexity index is 1860. The second kappa shape index (κ2) is 11.7. The quantitative estimate of drug-likeness (QED) is 0.128. The van der Waals surface area contributed by atoms with Crippen molar-refractivity contribution < 1.29 is 14.3 Å². The highest BCUT2D eigenvalue weighted by Gasteiger charge is 2.21. The number of aryl methyl sites for hydroxylation is 2. The van der Waals surface area contributed by atoms with E-state index in [2.05, 4.69) is 5.32 Å². The van der Waals surface area contributed by atoms with Gasteiger partial charge in [-0.25, -0.2) is 4.98 Å². The van der Waals surface area contributed by atoms with Crippen LogP contribution in [0.15, 0.2) is 76.7 Å². The van der Waals surface area contributed by atoms with Crippen molar-refractivity contribution in [2.45, 2.75) is 19.0 Å². The summed E-state index contributed by atoms with van der Waals surface area (Å²) in [6.07, 6.45) is 0.